The first-order valence-electron chi connectivity index (χ1n) is 6.75. The molecule has 1 aromatic heterocycles. The molecule has 1 saturated carbocycles. The smallest absolute Gasteiger partial charge is 0.244 e. The van der Waals surface area contributed by atoms with E-state index in [-0.39, 0.29) is 23.3 Å². The normalized spacial score (nSPS) is 18.4. The Morgan fingerprint density at radius 2 is 1.95 bits per heavy atom. The Morgan fingerprint density at radius 1 is 1.32 bits per heavy atom. The first-order chi connectivity index (χ1) is 9.03. The fraction of sp³-hybridized carbons (Fsp3) is 0.692. The molecule has 1 aliphatic carbocycles. The molecule has 2 N–H and O–H groups in total. The van der Waals surface area contributed by atoms with Crippen LogP contribution in [0.4, 0.5) is 0 Å². The summed E-state index contributed by atoms with van der Waals surface area (Å²) in [6, 6.07) is 1.41. The van der Waals surface area contributed by atoms with E-state index >= 15 is 0 Å². The first-order valence-corrected chi connectivity index (χ1v) is 8.24. The van der Waals surface area contributed by atoms with Crippen molar-refractivity contribution >= 4 is 10.0 Å². The summed E-state index contributed by atoms with van der Waals surface area (Å²) in [5, 5.41) is 8.99. The Balaban J connectivity index is 2.14. The highest BCUT2D eigenvalue weighted by Crippen LogP contribution is 2.23. The molecule has 1 fully saturated rings. The summed E-state index contributed by atoms with van der Waals surface area (Å²) in [6.45, 7) is 1.31. The maximum Gasteiger partial charge on any atom is 0.244 e. The van der Waals surface area contributed by atoms with Crippen molar-refractivity contribution in [2.24, 2.45) is 0 Å². The third-order valence-corrected chi connectivity index (χ3v) is 5.17. The van der Waals surface area contributed by atoms with Gasteiger partial charge in [-0.15, -0.1) is 0 Å². The van der Waals surface area contributed by atoms with E-state index in [1.54, 1.807) is 6.92 Å². The summed E-state index contributed by atoms with van der Waals surface area (Å²) >= 11 is 0. The minimum absolute atomic E-state index is 0.0133. The van der Waals surface area contributed by atoms with Crippen molar-refractivity contribution in [1.29, 1.82) is 0 Å². The number of rotatable bonds is 4. The van der Waals surface area contributed by atoms with Crippen LogP contribution in [0.1, 0.15) is 50.0 Å². The van der Waals surface area contributed by atoms with Crippen molar-refractivity contribution in [3.05, 3.63) is 17.6 Å². The monoisotopic (exact) mass is 287 g/mol. The Kier molecular flexibility index (Phi) is 4.65. The van der Waals surface area contributed by atoms with E-state index in [1.165, 1.54) is 18.9 Å². The van der Waals surface area contributed by atoms with Crippen LogP contribution in [0.3, 0.4) is 0 Å². The molecule has 0 amide bonds. The maximum absolute atomic E-state index is 12.3. The molecule has 0 spiro atoms. The Hall–Kier alpha value is -0.850. The van der Waals surface area contributed by atoms with E-state index in [2.05, 4.69) is 4.72 Å². The molecule has 0 aromatic carbocycles. The largest absolute Gasteiger partial charge is 0.462 e. The number of hydrogen-bond donors (Lipinski definition) is 2. The fourth-order valence-electron chi connectivity index (χ4n) is 2.55. The molecule has 1 heterocycles. The molecule has 0 bridgehead atoms. The summed E-state index contributed by atoms with van der Waals surface area (Å²) in [4.78, 5) is 0.140. The lowest BCUT2D eigenvalue weighted by Crippen LogP contribution is -2.34. The third kappa shape index (κ3) is 3.58. The molecule has 2 rings (SSSR count). The van der Waals surface area contributed by atoms with Crippen molar-refractivity contribution in [3.8, 4) is 0 Å². The van der Waals surface area contributed by atoms with Crippen molar-refractivity contribution in [2.45, 2.75) is 63.0 Å². The number of hydrogen-bond acceptors (Lipinski definition) is 4. The molecule has 1 aliphatic rings. The second kappa shape index (κ2) is 6.07. The predicted octanol–water partition coefficient (Wildman–Crippen LogP) is 2.08. The second-order valence-electron chi connectivity index (χ2n) is 5.10. The van der Waals surface area contributed by atoms with Gasteiger partial charge in [0.25, 0.3) is 0 Å². The van der Waals surface area contributed by atoms with Crippen LogP contribution in [0, 0.1) is 6.92 Å². The highest BCUT2D eigenvalue weighted by atomic mass is 32.2. The number of furan rings is 1. The number of aliphatic hydroxyl groups is 1. The molecule has 19 heavy (non-hydrogen) atoms. The zero-order valence-electron chi connectivity index (χ0n) is 11.2. The van der Waals surface area contributed by atoms with E-state index in [4.69, 9.17) is 9.52 Å². The number of sulfonamides is 1. The van der Waals surface area contributed by atoms with Gasteiger partial charge in [0.1, 0.15) is 23.0 Å². The van der Waals surface area contributed by atoms with Crippen LogP contribution >= 0.6 is 0 Å². The lowest BCUT2D eigenvalue weighted by molar-refractivity contribution is 0.244. The van der Waals surface area contributed by atoms with Crippen LogP contribution in [0.25, 0.3) is 0 Å². The van der Waals surface area contributed by atoms with Gasteiger partial charge in [0.2, 0.25) is 10.0 Å². The highest BCUT2D eigenvalue weighted by Gasteiger charge is 2.25. The van der Waals surface area contributed by atoms with Crippen LogP contribution in [0.5, 0.6) is 0 Å². The summed E-state index contributed by atoms with van der Waals surface area (Å²) < 4.78 is 32.6. The van der Waals surface area contributed by atoms with Gasteiger partial charge >= 0.3 is 0 Å². The minimum Gasteiger partial charge on any atom is -0.462 e. The Bertz CT molecular complexity index is 513. The van der Waals surface area contributed by atoms with Crippen LogP contribution in [-0.4, -0.2) is 19.6 Å². The summed E-state index contributed by atoms with van der Waals surface area (Å²) in [5.41, 5.74) is 0. The molecule has 5 nitrogen and oxygen atoms in total. The molecule has 6 heteroatoms. The number of aliphatic hydroxyl groups excluding tert-OH is 1. The van der Waals surface area contributed by atoms with E-state index in [0.717, 1.165) is 25.7 Å². The van der Waals surface area contributed by atoms with Gasteiger partial charge in [0.05, 0.1) is 0 Å². The molecule has 0 radical (unpaired) electrons. The first kappa shape index (κ1) is 14.6. The molecule has 1 aromatic rings. The second-order valence-corrected chi connectivity index (χ2v) is 6.78. The standard InChI is InChI=1S/C13H21NO4S/c1-10-13(8-12(9-15)18-10)19(16,17)14-11-6-4-2-3-5-7-11/h8,11,14-15H,2-7,9H2,1H3. The lowest BCUT2D eigenvalue weighted by atomic mass is 10.1. The van der Waals surface area contributed by atoms with Gasteiger partial charge in [0.15, 0.2) is 0 Å². The molecular formula is C13H21NO4S. The average molecular weight is 287 g/mol. The van der Waals surface area contributed by atoms with E-state index in [0.29, 0.717) is 5.76 Å². The van der Waals surface area contributed by atoms with Crippen LogP contribution < -0.4 is 4.72 Å². The predicted molar refractivity (Wildman–Crippen MR) is 71.2 cm³/mol. The van der Waals surface area contributed by atoms with Gasteiger partial charge in [-0.2, -0.15) is 0 Å². The van der Waals surface area contributed by atoms with E-state index < -0.39 is 10.0 Å². The van der Waals surface area contributed by atoms with E-state index in [1.807, 2.05) is 0 Å². The van der Waals surface area contributed by atoms with Crippen molar-refractivity contribution < 1.29 is 17.9 Å². The summed E-state index contributed by atoms with van der Waals surface area (Å²) in [6.07, 6.45) is 6.28. The lowest BCUT2D eigenvalue weighted by Gasteiger charge is -2.15. The van der Waals surface area contributed by atoms with Crippen molar-refractivity contribution in [2.75, 3.05) is 0 Å². The van der Waals surface area contributed by atoms with Gasteiger partial charge in [-0.1, -0.05) is 25.7 Å². The molecule has 0 unspecified atom stereocenters. The van der Waals surface area contributed by atoms with Gasteiger partial charge in [0, 0.05) is 12.1 Å². The molecular weight excluding hydrogens is 266 g/mol. The quantitative estimate of drug-likeness (QED) is 0.831. The van der Waals surface area contributed by atoms with E-state index in [9.17, 15) is 8.42 Å². The molecule has 108 valence electrons. The maximum atomic E-state index is 12.3. The molecule has 0 saturated heterocycles. The number of nitrogens with one attached hydrogen (secondary N) is 1. The van der Waals surface area contributed by atoms with Gasteiger partial charge in [-0.05, 0) is 19.8 Å². The van der Waals surface area contributed by atoms with Gasteiger partial charge < -0.3 is 9.52 Å². The molecule has 0 atom stereocenters. The summed E-state index contributed by atoms with van der Waals surface area (Å²) in [5.74, 6) is 0.601. The topological polar surface area (TPSA) is 79.5 Å². The SMILES string of the molecule is Cc1oc(CO)cc1S(=O)(=O)NC1CCCCCC1. The zero-order chi connectivity index (χ0) is 13.9. The average Bonchev–Trinajstić information content (AvgIpc) is 2.57. The third-order valence-electron chi connectivity index (χ3n) is 3.55. The highest BCUT2D eigenvalue weighted by molar-refractivity contribution is 7.89. The van der Waals surface area contributed by atoms with Crippen LogP contribution in [0.2, 0.25) is 0 Å². The van der Waals surface area contributed by atoms with Gasteiger partial charge in [-0.25, -0.2) is 13.1 Å². The minimum atomic E-state index is -3.55. The van der Waals surface area contributed by atoms with Crippen LogP contribution in [-0.2, 0) is 16.6 Å². The summed E-state index contributed by atoms with van der Waals surface area (Å²) in [7, 11) is -3.55. The Labute approximate surface area is 114 Å². The fourth-order valence-corrected chi connectivity index (χ4v) is 4.06. The van der Waals surface area contributed by atoms with Crippen molar-refractivity contribution in [3.63, 3.8) is 0 Å². The van der Waals surface area contributed by atoms with Gasteiger partial charge in [-0.3, -0.25) is 0 Å². The molecule has 0 aliphatic heterocycles. The van der Waals surface area contributed by atoms with Crippen LogP contribution in [0.15, 0.2) is 15.4 Å². The number of aryl methyl sites for hydroxylation is 1. The van der Waals surface area contributed by atoms with Crippen molar-refractivity contribution in [1.82, 2.24) is 4.72 Å². The Morgan fingerprint density at radius 3 is 2.47 bits per heavy atom. The zero-order valence-corrected chi connectivity index (χ0v) is 12.0.